The van der Waals surface area contributed by atoms with Gasteiger partial charge in [-0.3, -0.25) is 4.68 Å². The van der Waals surface area contributed by atoms with Gasteiger partial charge < -0.3 is 10.1 Å². The van der Waals surface area contributed by atoms with Crippen molar-refractivity contribution in [1.29, 1.82) is 0 Å². The molecule has 0 aliphatic heterocycles. The summed E-state index contributed by atoms with van der Waals surface area (Å²) in [5, 5.41) is 8.00. The van der Waals surface area contributed by atoms with Crippen molar-refractivity contribution in [3.63, 3.8) is 0 Å². The van der Waals surface area contributed by atoms with Crippen molar-refractivity contribution in [3.8, 4) is 5.75 Å². The summed E-state index contributed by atoms with van der Waals surface area (Å²) in [6.45, 7) is 8.07. The van der Waals surface area contributed by atoms with Crippen LogP contribution in [0.3, 0.4) is 0 Å². The molecule has 0 bridgehead atoms. The molecule has 0 saturated carbocycles. The third-order valence-corrected chi connectivity index (χ3v) is 4.28. The van der Waals surface area contributed by atoms with E-state index in [0.29, 0.717) is 0 Å². The number of rotatable bonds is 7. The molecule has 2 aromatic heterocycles. The van der Waals surface area contributed by atoms with E-state index in [9.17, 15) is 0 Å². The van der Waals surface area contributed by atoms with Gasteiger partial charge in [-0.15, -0.1) is 11.3 Å². The van der Waals surface area contributed by atoms with E-state index in [1.165, 1.54) is 4.88 Å². The maximum absolute atomic E-state index is 5.49. The Morgan fingerprint density at radius 2 is 2.25 bits per heavy atom. The molecule has 0 fully saturated rings. The lowest BCUT2D eigenvalue weighted by atomic mass is 10.1. The van der Waals surface area contributed by atoms with Crippen molar-refractivity contribution in [1.82, 2.24) is 20.1 Å². The zero-order valence-electron chi connectivity index (χ0n) is 12.5. The number of aryl methyl sites for hydroxylation is 2. The highest BCUT2D eigenvalue weighted by molar-refractivity contribution is 7.09. The Balaban J connectivity index is 2.46. The smallest absolute Gasteiger partial charge is 0.161 e. The molecule has 2 aromatic rings. The molecule has 0 amide bonds. The van der Waals surface area contributed by atoms with Gasteiger partial charge in [-0.1, -0.05) is 6.92 Å². The van der Waals surface area contributed by atoms with Crippen LogP contribution in [0.1, 0.15) is 42.6 Å². The highest BCUT2D eigenvalue weighted by Gasteiger charge is 2.25. The van der Waals surface area contributed by atoms with E-state index in [0.717, 1.165) is 36.6 Å². The third kappa shape index (κ3) is 2.86. The number of nitrogens with zero attached hydrogens (tertiary/aromatic N) is 3. The predicted molar refractivity (Wildman–Crippen MR) is 81.4 cm³/mol. The first-order valence-electron chi connectivity index (χ1n) is 6.95. The summed E-state index contributed by atoms with van der Waals surface area (Å²) in [5.74, 6) is 0.827. The summed E-state index contributed by atoms with van der Waals surface area (Å²) in [6.07, 6.45) is 2.87. The quantitative estimate of drug-likeness (QED) is 0.853. The Kier molecular flexibility index (Phi) is 5.14. The SMILES string of the molecule is CCCNC(c1scnc1C)c1c(OC)cnn1CC. The van der Waals surface area contributed by atoms with Crippen LogP contribution >= 0.6 is 11.3 Å². The zero-order valence-corrected chi connectivity index (χ0v) is 13.3. The average Bonchev–Trinajstić information content (AvgIpc) is 3.06. The number of ether oxygens (including phenoxy) is 1. The van der Waals surface area contributed by atoms with Crippen LogP contribution in [0.5, 0.6) is 5.75 Å². The summed E-state index contributed by atoms with van der Waals surface area (Å²) < 4.78 is 7.48. The first kappa shape index (κ1) is 15.0. The number of aromatic nitrogens is 3. The minimum Gasteiger partial charge on any atom is -0.493 e. The van der Waals surface area contributed by atoms with Crippen molar-refractivity contribution >= 4 is 11.3 Å². The van der Waals surface area contributed by atoms with E-state index in [-0.39, 0.29) is 6.04 Å². The molecule has 0 aliphatic rings. The number of hydrogen-bond donors (Lipinski definition) is 1. The van der Waals surface area contributed by atoms with Gasteiger partial charge in [0, 0.05) is 6.54 Å². The molecule has 0 radical (unpaired) electrons. The topological polar surface area (TPSA) is 52.0 Å². The minimum atomic E-state index is 0.0832. The van der Waals surface area contributed by atoms with Gasteiger partial charge in [0.1, 0.15) is 5.69 Å². The van der Waals surface area contributed by atoms with Crippen LogP contribution < -0.4 is 10.1 Å². The van der Waals surface area contributed by atoms with Crippen molar-refractivity contribution in [2.45, 2.75) is 39.8 Å². The van der Waals surface area contributed by atoms with Gasteiger partial charge in [-0.05, 0) is 26.8 Å². The van der Waals surface area contributed by atoms with E-state index in [1.54, 1.807) is 24.6 Å². The summed E-state index contributed by atoms with van der Waals surface area (Å²) in [7, 11) is 1.69. The Bertz CT molecular complexity index is 528. The number of nitrogens with one attached hydrogen (secondary N) is 1. The first-order valence-corrected chi connectivity index (χ1v) is 7.83. The molecular formula is C14H22N4OS. The van der Waals surface area contributed by atoms with E-state index >= 15 is 0 Å². The van der Waals surface area contributed by atoms with Crippen molar-refractivity contribution in [2.24, 2.45) is 0 Å². The lowest BCUT2D eigenvalue weighted by Gasteiger charge is -2.20. The number of thiazole rings is 1. The second-order valence-corrected chi connectivity index (χ2v) is 5.49. The number of hydrogen-bond acceptors (Lipinski definition) is 5. The summed E-state index contributed by atoms with van der Waals surface area (Å²) >= 11 is 1.67. The standard InChI is InChI=1S/C14H22N4OS/c1-5-7-15-12(14-10(3)16-9-20-14)13-11(19-4)8-17-18(13)6-2/h8-9,12,15H,5-7H2,1-4H3. The van der Waals surface area contributed by atoms with Crippen molar-refractivity contribution in [2.75, 3.05) is 13.7 Å². The van der Waals surface area contributed by atoms with Crippen LogP contribution in [-0.4, -0.2) is 28.4 Å². The fraction of sp³-hybridized carbons (Fsp3) is 0.571. The molecular weight excluding hydrogens is 272 g/mol. The van der Waals surface area contributed by atoms with Crippen LogP contribution in [0.15, 0.2) is 11.7 Å². The lowest BCUT2D eigenvalue weighted by molar-refractivity contribution is 0.399. The maximum Gasteiger partial charge on any atom is 0.161 e. The average molecular weight is 294 g/mol. The Morgan fingerprint density at radius 3 is 2.80 bits per heavy atom. The van der Waals surface area contributed by atoms with Gasteiger partial charge in [0.25, 0.3) is 0 Å². The van der Waals surface area contributed by atoms with Gasteiger partial charge in [-0.2, -0.15) is 5.10 Å². The largest absolute Gasteiger partial charge is 0.493 e. The highest BCUT2D eigenvalue weighted by atomic mass is 32.1. The first-order chi connectivity index (χ1) is 9.72. The van der Waals surface area contributed by atoms with Crippen LogP contribution in [0.25, 0.3) is 0 Å². The molecule has 0 aromatic carbocycles. The Labute approximate surface area is 124 Å². The minimum absolute atomic E-state index is 0.0832. The van der Waals surface area contributed by atoms with Crippen LogP contribution in [0.4, 0.5) is 0 Å². The van der Waals surface area contributed by atoms with Crippen LogP contribution in [0.2, 0.25) is 0 Å². The molecule has 1 atom stereocenters. The molecule has 6 heteroatoms. The van der Waals surface area contributed by atoms with E-state index in [1.807, 2.05) is 17.1 Å². The Morgan fingerprint density at radius 1 is 1.45 bits per heavy atom. The summed E-state index contributed by atoms with van der Waals surface area (Å²) in [6, 6.07) is 0.0832. The predicted octanol–water partition coefficient (Wildman–Crippen LogP) is 2.77. The lowest BCUT2D eigenvalue weighted by Crippen LogP contribution is -2.26. The molecule has 20 heavy (non-hydrogen) atoms. The van der Waals surface area contributed by atoms with Gasteiger partial charge in [0.2, 0.25) is 0 Å². The normalized spacial score (nSPS) is 12.6. The second kappa shape index (κ2) is 6.85. The van der Waals surface area contributed by atoms with E-state index in [4.69, 9.17) is 4.74 Å². The monoisotopic (exact) mass is 294 g/mol. The Hall–Kier alpha value is -1.40. The summed E-state index contributed by atoms with van der Waals surface area (Å²) in [5.41, 5.74) is 4.04. The molecule has 1 unspecified atom stereocenters. The molecule has 5 nitrogen and oxygen atoms in total. The molecule has 0 spiro atoms. The number of methoxy groups -OCH3 is 1. The highest BCUT2D eigenvalue weighted by Crippen LogP contribution is 2.33. The van der Waals surface area contributed by atoms with Gasteiger partial charge >= 0.3 is 0 Å². The maximum atomic E-state index is 5.49. The molecule has 0 aliphatic carbocycles. The molecule has 2 rings (SSSR count). The second-order valence-electron chi connectivity index (χ2n) is 4.60. The van der Waals surface area contributed by atoms with Gasteiger partial charge in [0.15, 0.2) is 5.75 Å². The molecule has 0 saturated heterocycles. The van der Waals surface area contributed by atoms with Gasteiger partial charge in [0.05, 0.1) is 35.4 Å². The van der Waals surface area contributed by atoms with Crippen LogP contribution in [0, 0.1) is 6.92 Å². The van der Waals surface area contributed by atoms with Crippen molar-refractivity contribution < 1.29 is 4.74 Å². The van der Waals surface area contributed by atoms with Crippen LogP contribution in [-0.2, 0) is 6.54 Å². The van der Waals surface area contributed by atoms with Crippen molar-refractivity contribution in [3.05, 3.63) is 28.0 Å². The van der Waals surface area contributed by atoms with E-state index in [2.05, 4.69) is 29.2 Å². The van der Waals surface area contributed by atoms with Gasteiger partial charge in [-0.25, -0.2) is 4.98 Å². The van der Waals surface area contributed by atoms with E-state index < -0.39 is 0 Å². The fourth-order valence-corrected chi connectivity index (χ4v) is 3.15. The molecule has 110 valence electrons. The molecule has 2 heterocycles. The summed E-state index contributed by atoms with van der Waals surface area (Å²) in [4.78, 5) is 5.60. The zero-order chi connectivity index (χ0) is 14.5. The fourth-order valence-electron chi connectivity index (χ4n) is 2.27. The molecule has 1 N–H and O–H groups in total. The third-order valence-electron chi connectivity index (χ3n) is 3.28.